The molecule has 3 N–H and O–H groups in total. The van der Waals surface area contributed by atoms with Gasteiger partial charge in [-0.05, 0) is 38.5 Å². The highest BCUT2D eigenvalue weighted by Gasteiger charge is 2.25. The molecule has 2 aliphatic rings. The third kappa shape index (κ3) is 3.19. The molecule has 0 aromatic rings. The van der Waals surface area contributed by atoms with Gasteiger partial charge in [0.1, 0.15) is 0 Å². The molecule has 0 aromatic carbocycles. The molecule has 2 fully saturated rings. The molecular weight excluding hydrogens is 202 g/mol. The SMILES string of the molecule is NC1CCC(C(=O)NN2CCCCC2)CC1. The molecule has 4 heteroatoms. The Morgan fingerprint density at radius 2 is 1.69 bits per heavy atom. The van der Waals surface area contributed by atoms with E-state index in [2.05, 4.69) is 10.4 Å². The van der Waals surface area contributed by atoms with E-state index in [0.29, 0.717) is 6.04 Å². The fourth-order valence-electron chi connectivity index (χ4n) is 2.63. The molecule has 1 saturated heterocycles. The van der Waals surface area contributed by atoms with Gasteiger partial charge in [0.15, 0.2) is 0 Å². The molecule has 4 nitrogen and oxygen atoms in total. The van der Waals surface area contributed by atoms with E-state index in [0.717, 1.165) is 38.8 Å². The lowest BCUT2D eigenvalue weighted by Crippen LogP contribution is -2.48. The quantitative estimate of drug-likeness (QED) is 0.737. The van der Waals surface area contributed by atoms with Crippen LogP contribution in [0.3, 0.4) is 0 Å². The number of piperidine rings is 1. The second-order valence-corrected chi connectivity index (χ2v) is 5.14. The molecule has 1 aliphatic carbocycles. The average Bonchev–Trinajstić information content (AvgIpc) is 2.31. The Bertz CT molecular complexity index is 230. The number of rotatable bonds is 2. The Balaban J connectivity index is 1.74. The Morgan fingerprint density at radius 1 is 1.06 bits per heavy atom. The molecule has 1 saturated carbocycles. The highest BCUT2D eigenvalue weighted by atomic mass is 16.2. The van der Waals surface area contributed by atoms with Gasteiger partial charge in [0.05, 0.1) is 0 Å². The van der Waals surface area contributed by atoms with Crippen LogP contribution in [0.4, 0.5) is 0 Å². The molecule has 92 valence electrons. The van der Waals surface area contributed by atoms with Crippen LogP contribution in [0.1, 0.15) is 44.9 Å². The number of hydrazine groups is 1. The fraction of sp³-hybridized carbons (Fsp3) is 0.917. The van der Waals surface area contributed by atoms with Crippen molar-refractivity contribution in [3.8, 4) is 0 Å². The van der Waals surface area contributed by atoms with Crippen molar-refractivity contribution >= 4 is 5.91 Å². The monoisotopic (exact) mass is 225 g/mol. The summed E-state index contributed by atoms with van der Waals surface area (Å²) in [4.78, 5) is 12.0. The summed E-state index contributed by atoms with van der Waals surface area (Å²) >= 11 is 0. The van der Waals surface area contributed by atoms with E-state index < -0.39 is 0 Å². The molecule has 1 amide bonds. The largest absolute Gasteiger partial charge is 0.328 e. The van der Waals surface area contributed by atoms with Crippen molar-refractivity contribution in [2.45, 2.75) is 51.0 Å². The summed E-state index contributed by atoms with van der Waals surface area (Å²) < 4.78 is 0. The lowest BCUT2D eigenvalue weighted by Gasteiger charge is -2.31. The van der Waals surface area contributed by atoms with Crippen molar-refractivity contribution in [2.75, 3.05) is 13.1 Å². The van der Waals surface area contributed by atoms with Crippen molar-refractivity contribution in [3.05, 3.63) is 0 Å². The van der Waals surface area contributed by atoms with Gasteiger partial charge in [0.25, 0.3) is 0 Å². The van der Waals surface area contributed by atoms with Crippen LogP contribution in [0.15, 0.2) is 0 Å². The van der Waals surface area contributed by atoms with Crippen molar-refractivity contribution in [3.63, 3.8) is 0 Å². The number of carbonyl (C=O) groups excluding carboxylic acids is 1. The van der Waals surface area contributed by atoms with Crippen LogP contribution >= 0.6 is 0 Å². The van der Waals surface area contributed by atoms with Crippen LogP contribution in [0, 0.1) is 5.92 Å². The van der Waals surface area contributed by atoms with Gasteiger partial charge in [-0.1, -0.05) is 6.42 Å². The molecule has 0 bridgehead atoms. The van der Waals surface area contributed by atoms with E-state index >= 15 is 0 Å². The highest BCUT2D eigenvalue weighted by Crippen LogP contribution is 2.23. The van der Waals surface area contributed by atoms with Crippen molar-refractivity contribution < 1.29 is 4.79 Å². The van der Waals surface area contributed by atoms with Crippen LogP contribution in [-0.4, -0.2) is 30.0 Å². The number of hydrogen-bond donors (Lipinski definition) is 2. The molecule has 1 heterocycles. The van der Waals surface area contributed by atoms with Gasteiger partial charge in [-0.2, -0.15) is 0 Å². The summed E-state index contributed by atoms with van der Waals surface area (Å²) in [5.41, 5.74) is 8.90. The van der Waals surface area contributed by atoms with Crippen LogP contribution < -0.4 is 11.2 Å². The summed E-state index contributed by atoms with van der Waals surface area (Å²) in [6.45, 7) is 2.02. The van der Waals surface area contributed by atoms with Crippen LogP contribution in [-0.2, 0) is 4.79 Å². The molecule has 0 unspecified atom stereocenters. The Labute approximate surface area is 97.5 Å². The van der Waals surface area contributed by atoms with Gasteiger partial charge >= 0.3 is 0 Å². The topological polar surface area (TPSA) is 58.4 Å². The lowest BCUT2D eigenvalue weighted by molar-refractivity contribution is -0.131. The molecule has 0 spiro atoms. The minimum atomic E-state index is 0.196. The highest BCUT2D eigenvalue weighted by molar-refractivity contribution is 5.78. The second kappa shape index (κ2) is 5.64. The number of nitrogens with two attached hydrogens (primary N) is 1. The summed E-state index contributed by atoms with van der Waals surface area (Å²) in [5.74, 6) is 0.413. The number of amides is 1. The minimum absolute atomic E-state index is 0.196. The van der Waals surface area contributed by atoms with E-state index in [9.17, 15) is 4.79 Å². The Morgan fingerprint density at radius 3 is 2.31 bits per heavy atom. The van der Waals surface area contributed by atoms with Crippen LogP contribution in [0.2, 0.25) is 0 Å². The summed E-state index contributed by atoms with van der Waals surface area (Å²) in [6.07, 6.45) is 7.62. The predicted octanol–water partition coefficient (Wildman–Crippen LogP) is 1.02. The van der Waals surface area contributed by atoms with Gasteiger partial charge in [-0.25, -0.2) is 5.01 Å². The first kappa shape index (κ1) is 11.9. The molecule has 0 atom stereocenters. The van der Waals surface area contributed by atoms with E-state index in [1.165, 1.54) is 19.3 Å². The maximum atomic E-state index is 12.0. The molecule has 0 radical (unpaired) electrons. The van der Waals surface area contributed by atoms with E-state index in [4.69, 9.17) is 5.73 Å². The lowest BCUT2D eigenvalue weighted by atomic mass is 9.86. The molecule has 16 heavy (non-hydrogen) atoms. The van der Waals surface area contributed by atoms with E-state index in [-0.39, 0.29) is 11.8 Å². The molecule has 1 aliphatic heterocycles. The zero-order chi connectivity index (χ0) is 11.4. The fourth-order valence-corrected chi connectivity index (χ4v) is 2.63. The van der Waals surface area contributed by atoms with Crippen molar-refractivity contribution in [1.82, 2.24) is 10.4 Å². The third-order valence-electron chi connectivity index (χ3n) is 3.77. The van der Waals surface area contributed by atoms with Gasteiger partial charge in [0, 0.05) is 25.0 Å². The van der Waals surface area contributed by atoms with Gasteiger partial charge in [-0.15, -0.1) is 0 Å². The Kier molecular flexibility index (Phi) is 4.18. The smallest absolute Gasteiger partial charge is 0.237 e. The van der Waals surface area contributed by atoms with Crippen LogP contribution in [0.25, 0.3) is 0 Å². The van der Waals surface area contributed by atoms with Crippen LogP contribution in [0.5, 0.6) is 0 Å². The number of hydrogen-bond acceptors (Lipinski definition) is 3. The van der Waals surface area contributed by atoms with Gasteiger partial charge in [0.2, 0.25) is 5.91 Å². The molecule has 2 rings (SSSR count). The number of carbonyl (C=O) groups is 1. The first-order valence-electron chi connectivity index (χ1n) is 6.57. The zero-order valence-corrected chi connectivity index (χ0v) is 9.95. The van der Waals surface area contributed by atoms with E-state index in [1.54, 1.807) is 0 Å². The second-order valence-electron chi connectivity index (χ2n) is 5.14. The standard InChI is InChI=1S/C12H23N3O/c13-11-6-4-10(5-7-11)12(16)14-15-8-2-1-3-9-15/h10-11H,1-9,13H2,(H,14,16). The normalized spacial score (nSPS) is 32.3. The zero-order valence-electron chi connectivity index (χ0n) is 9.95. The van der Waals surface area contributed by atoms with E-state index in [1.807, 2.05) is 0 Å². The molecular formula is C12H23N3O. The van der Waals surface area contributed by atoms with Gasteiger partial charge < -0.3 is 5.73 Å². The summed E-state index contributed by atoms with van der Waals surface area (Å²) in [5, 5.41) is 2.08. The molecule has 0 aromatic heterocycles. The third-order valence-corrected chi connectivity index (χ3v) is 3.77. The minimum Gasteiger partial charge on any atom is -0.328 e. The average molecular weight is 225 g/mol. The first-order valence-corrected chi connectivity index (χ1v) is 6.57. The summed E-state index contributed by atoms with van der Waals surface area (Å²) in [7, 11) is 0. The Hall–Kier alpha value is -0.610. The first-order chi connectivity index (χ1) is 7.75. The number of nitrogens with one attached hydrogen (secondary N) is 1. The maximum Gasteiger partial charge on any atom is 0.237 e. The summed E-state index contributed by atoms with van der Waals surface area (Å²) in [6, 6.07) is 0.319. The van der Waals surface area contributed by atoms with Gasteiger partial charge in [-0.3, -0.25) is 10.2 Å². The van der Waals surface area contributed by atoms with Crippen molar-refractivity contribution in [2.24, 2.45) is 11.7 Å². The maximum absolute atomic E-state index is 12.0. The predicted molar refractivity (Wildman–Crippen MR) is 63.5 cm³/mol. The number of nitrogens with zero attached hydrogens (tertiary/aromatic N) is 1. The van der Waals surface area contributed by atoms with Crippen molar-refractivity contribution in [1.29, 1.82) is 0 Å².